The van der Waals surface area contributed by atoms with Gasteiger partial charge < -0.3 is 9.47 Å². The first-order valence-corrected chi connectivity index (χ1v) is 7.15. The Bertz CT molecular complexity index is 586. The summed E-state index contributed by atoms with van der Waals surface area (Å²) in [7, 11) is 1.31. The predicted octanol–water partition coefficient (Wildman–Crippen LogP) is 2.86. The van der Waals surface area contributed by atoms with Gasteiger partial charge in [-0.1, -0.05) is 30.3 Å². The molecular weight excluding hydrogens is 282 g/mol. The standard InChI is InChI=1S/C17H21NO4/c1-17(2,3)22-16(20)18-11-13(10-14(18)15(19)21-4)12-8-6-5-7-9-12/h5-10,14H,11H2,1-4H3. The lowest BCUT2D eigenvalue weighted by Gasteiger charge is -2.27. The summed E-state index contributed by atoms with van der Waals surface area (Å²) in [5.74, 6) is -0.475. The van der Waals surface area contributed by atoms with Crippen LogP contribution in [0.4, 0.5) is 4.79 Å². The highest BCUT2D eigenvalue weighted by Gasteiger charge is 2.37. The lowest BCUT2D eigenvalue weighted by molar-refractivity contribution is -0.144. The van der Waals surface area contributed by atoms with E-state index in [2.05, 4.69) is 0 Å². The van der Waals surface area contributed by atoms with Crippen molar-refractivity contribution in [2.75, 3.05) is 13.7 Å². The highest BCUT2D eigenvalue weighted by Crippen LogP contribution is 2.27. The van der Waals surface area contributed by atoms with Gasteiger partial charge in [0.15, 0.2) is 6.04 Å². The largest absolute Gasteiger partial charge is 0.467 e. The van der Waals surface area contributed by atoms with E-state index in [9.17, 15) is 9.59 Å². The molecule has 0 fully saturated rings. The predicted molar refractivity (Wildman–Crippen MR) is 83.2 cm³/mol. The van der Waals surface area contributed by atoms with E-state index in [1.807, 2.05) is 30.3 Å². The molecule has 0 bridgehead atoms. The van der Waals surface area contributed by atoms with Gasteiger partial charge in [0, 0.05) is 0 Å². The second-order valence-electron chi connectivity index (χ2n) is 6.13. The van der Waals surface area contributed by atoms with Gasteiger partial charge in [-0.05, 0) is 38.0 Å². The van der Waals surface area contributed by atoms with Crippen molar-refractivity contribution < 1.29 is 19.1 Å². The van der Waals surface area contributed by atoms with Gasteiger partial charge in [0.25, 0.3) is 0 Å². The summed E-state index contributed by atoms with van der Waals surface area (Å²) in [4.78, 5) is 25.7. The van der Waals surface area contributed by atoms with Crippen LogP contribution in [-0.4, -0.2) is 42.3 Å². The van der Waals surface area contributed by atoms with Crippen molar-refractivity contribution in [1.82, 2.24) is 4.90 Å². The number of hydrogen-bond donors (Lipinski definition) is 0. The quantitative estimate of drug-likeness (QED) is 0.788. The number of amides is 1. The van der Waals surface area contributed by atoms with Gasteiger partial charge in [-0.2, -0.15) is 0 Å². The highest BCUT2D eigenvalue weighted by atomic mass is 16.6. The first-order valence-electron chi connectivity index (χ1n) is 7.15. The van der Waals surface area contributed by atoms with Crippen molar-refractivity contribution in [1.29, 1.82) is 0 Å². The Morgan fingerprint density at radius 3 is 2.36 bits per heavy atom. The summed E-state index contributed by atoms with van der Waals surface area (Å²) >= 11 is 0. The number of ether oxygens (including phenoxy) is 2. The van der Waals surface area contributed by atoms with Crippen molar-refractivity contribution in [2.45, 2.75) is 32.4 Å². The molecule has 1 heterocycles. The zero-order chi connectivity index (χ0) is 16.3. The molecule has 0 aliphatic carbocycles. The van der Waals surface area contributed by atoms with Gasteiger partial charge in [-0.25, -0.2) is 9.59 Å². The van der Waals surface area contributed by atoms with Crippen LogP contribution in [-0.2, 0) is 14.3 Å². The molecule has 118 valence electrons. The maximum Gasteiger partial charge on any atom is 0.411 e. The summed E-state index contributed by atoms with van der Waals surface area (Å²) < 4.78 is 10.2. The SMILES string of the molecule is COC(=O)C1C=C(c2ccccc2)CN1C(=O)OC(C)(C)C. The van der Waals surface area contributed by atoms with Gasteiger partial charge in [0.2, 0.25) is 0 Å². The molecule has 1 aromatic rings. The van der Waals surface area contributed by atoms with Crippen LogP contribution >= 0.6 is 0 Å². The van der Waals surface area contributed by atoms with E-state index in [1.165, 1.54) is 12.0 Å². The molecule has 0 aromatic heterocycles. The average molecular weight is 303 g/mol. The van der Waals surface area contributed by atoms with Gasteiger partial charge in [0.05, 0.1) is 13.7 Å². The Labute approximate surface area is 130 Å². The van der Waals surface area contributed by atoms with E-state index in [0.29, 0.717) is 6.54 Å². The summed E-state index contributed by atoms with van der Waals surface area (Å²) in [6.07, 6.45) is 1.23. The monoisotopic (exact) mass is 303 g/mol. The molecule has 5 heteroatoms. The van der Waals surface area contributed by atoms with Crippen LogP contribution in [0.25, 0.3) is 5.57 Å². The molecular formula is C17H21NO4. The molecule has 1 aliphatic rings. The van der Waals surface area contributed by atoms with Crippen molar-refractivity contribution in [3.05, 3.63) is 42.0 Å². The topological polar surface area (TPSA) is 55.8 Å². The fourth-order valence-corrected chi connectivity index (χ4v) is 2.27. The molecule has 1 amide bonds. The van der Waals surface area contributed by atoms with E-state index in [0.717, 1.165) is 11.1 Å². The molecule has 1 aromatic carbocycles. The van der Waals surface area contributed by atoms with E-state index < -0.39 is 23.7 Å². The molecule has 0 spiro atoms. The maximum absolute atomic E-state index is 12.3. The second kappa shape index (κ2) is 6.22. The zero-order valence-electron chi connectivity index (χ0n) is 13.3. The minimum Gasteiger partial charge on any atom is -0.467 e. The van der Waals surface area contributed by atoms with Crippen molar-refractivity contribution in [3.63, 3.8) is 0 Å². The second-order valence-corrected chi connectivity index (χ2v) is 6.13. The van der Waals surface area contributed by atoms with E-state index in [1.54, 1.807) is 26.8 Å². The Morgan fingerprint density at radius 2 is 1.82 bits per heavy atom. The Kier molecular flexibility index (Phi) is 4.54. The van der Waals surface area contributed by atoms with Crippen LogP contribution < -0.4 is 0 Å². The van der Waals surface area contributed by atoms with Gasteiger partial charge >= 0.3 is 12.1 Å². The fraction of sp³-hybridized carbons (Fsp3) is 0.412. The zero-order valence-corrected chi connectivity index (χ0v) is 13.3. The molecule has 2 rings (SSSR count). The number of carbonyl (C=O) groups is 2. The molecule has 22 heavy (non-hydrogen) atoms. The third-order valence-electron chi connectivity index (χ3n) is 3.25. The number of esters is 1. The third kappa shape index (κ3) is 3.67. The summed E-state index contributed by atoms with van der Waals surface area (Å²) in [5, 5.41) is 0. The number of rotatable bonds is 2. The smallest absolute Gasteiger partial charge is 0.411 e. The Morgan fingerprint density at radius 1 is 1.18 bits per heavy atom. The molecule has 1 atom stereocenters. The minimum absolute atomic E-state index is 0.318. The van der Waals surface area contributed by atoms with Gasteiger partial charge in [-0.15, -0.1) is 0 Å². The molecule has 1 unspecified atom stereocenters. The average Bonchev–Trinajstić information content (AvgIpc) is 2.91. The van der Waals surface area contributed by atoms with Crippen LogP contribution in [0.15, 0.2) is 36.4 Å². The number of nitrogens with zero attached hydrogens (tertiary/aromatic N) is 1. The molecule has 0 saturated carbocycles. The van der Waals surface area contributed by atoms with E-state index in [4.69, 9.17) is 9.47 Å². The van der Waals surface area contributed by atoms with Crippen LogP contribution in [0.1, 0.15) is 26.3 Å². The first-order chi connectivity index (χ1) is 10.3. The van der Waals surface area contributed by atoms with E-state index in [-0.39, 0.29) is 0 Å². The lowest BCUT2D eigenvalue weighted by atomic mass is 10.1. The first kappa shape index (κ1) is 16.1. The minimum atomic E-state index is -0.755. The van der Waals surface area contributed by atoms with E-state index >= 15 is 0 Å². The van der Waals surface area contributed by atoms with Crippen LogP contribution in [0.3, 0.4) is 0 Å². The van der Waals surface area contributed by atoms with Gasteiger partial charge in [0.1, 0.15) is 5.60 Å². The Balaban J connectivity index is 2.25. The maximum atomic E-state index is 12.3. The lowest BCUT2D eigenvalue weighted by Crippen LogP contribution is -2.44. The number of methoxy groups -OCH3 is 1. The third-order valence-corrected chi connectivity index (χ3v) is 3.25. The normalized spacial score (nSPS) is 17.9. The molecule has 1 aliphatic heterocycles. The van der Waals surface area contributed by atoms with Crippen LogP contribution in [0, 0.1) is 0 Å². The van der Waals surface area contributed by atoms with Crippen LogP contribution in [0.5, 0.6) is 0 Å². The molecule has 0 N–H and O–H groups in total. The number of benzene rings is 1. The fourth-order valence-electron chi connectivity index (χ4n) is 2.27. The summed E-state index contributed by atoms with van der Waals surface area (Å²) in [6.45, 7) is 5.69. The van der Waals surface area contributed by atoms with Crippen molar-refractivity contribution in [3.8, 4) is 0 Å². The Hall–Kier alpha value is -2.30. The van der Waals surface area contributed by atoms with Gasteiger partial charge in [-0.3, -0.25) is 4.90 Å². The molecule has 0 saturated heterocycles. The number of carbonyl (C=O) groups excluding carboxylic acids is 2. The van der Waals surface area contributed by atoms with Crippen molar-refractivity contribution in [2.24, 2.45) is 0 Å². The molecule has 0 radical (unpaired) electrons. The van der Waals surface area contributed by atoms with Crippen molar-refractivity contribution >= 4 is 17.6 Å². The summed E-state index contributed by atoms with van der Waals surface area (Å²) in [5.41, 5.74) is 1.26. The number of hydrogen-bond acceptors (Lipinski definition) is 4. The molecule has 5 nitrogen and oxygen atoms in total. The summed E-state index contributed by atoms with van der Waals surface area (Å²) in [6, 6.07) is 8.88. The highest BCUT2D eigenvalue weighted by molar-refractivity contribution is 5.90. The van der Waals surface area contributed by atoms with Crippen LogP contribution in [0.2, 0.25) is 0 Å².